The van der Waals surface area contributed by atoms with Crippen molar-refractivity contribution in [1.82, 2.24) is 10.2 Å². The summed E-state index contributed by atoms with van der Waals surface area (Å²) < 4.78 is 1.89. The second kappa shape index (κ2) is 6.67. The molecule has 7 heteroatoms. The molecule has 4 nitrogen and oxygen atoms in total. The van der Waals surface area contributed by atoms with Crippen molar-refractivity contribution in [2.45, 2.75) is 23.4 Å². The lowest BCUT2D eigenvalue weighted by Gasteiger charge is -2.01. The molecule has 0 aliphatic heterocycles. The number of thioether (sulfide) groups is 1. The van der Waals surface area contributed by atoms with Crippen LogP contribution in [0.25, 0.3) is 0 Å². The number of hydrogen-bond donors (Lipinski definition) is 1. The molecule has 1 amide bonds. The van der Waals surface area contributed by atoms with Gasteiger partial charge in [0.05, 0.1) is 0 Å². The second-order valence-corrected chi connectivity index (χ2v) is 8.05. The van der Waals surface area contributed by atoms with Crippen LogP contribution in [0.2, 0.25) is 0 Å². The first kappa shape index (κ1) is 14.7. The second-order valence-electron chi connectivity index (χ2n) is 4.00. The van der Waals surface area contributed by atoms with E-state index in [9.17, 15) is 4.79 Å². The fourth-order valence-corrected chi connectivity index (χ4v) is 3.82. The molecule has 100 valence electrons. The summed E-state index contributed by atoms with van der Waals surface area (Å²) in [6.45, 7) is 4.19. The van der Waals surface area contributed by atoms with Gasteiger partial charge in [-0.3, -0.25) is 10.1 Å². The summed E-state index contributed by atoms with van der Waals surface area (Å²) in [5.41, 5.74) is 0.625. The predicted octanol–water partition coefficient (Wildman–Crippen LogP) is 3.90. The number of nitrogens with one attached hydrogen (secondary N) is 1. The van der Waals surface area contributed by atoms with E-state index in [4.69, 9.17) is 0 Å². The molecule has 1 aromatic carbocycles. The van der Waals surface area contributed by atoms with Crippen molar-refractivity contribution in [3.63, 3.8) is 0 Å². The summed E-state index contributed by atoms with van der Waals surface area (Å²) in [7, 11) is 0. The van der Waals surface area contributed by atoms with Gasteiger partial charge in [-0.25, -0.2) is 0 Å². The fraction of sp³-hybridized carbons (Fsp3) is 0.250. The minimum atomic E-state index is -0.157. The molecule has 0 radical (unpaired) electrons. The highest BCUT2D eigenvalue weighted by Crippen LogP contribution is 2.28. The van der Waals surface area contributed by atoms with Crippen LogP contribution in [-0.4, -0.2) is 21.4 Å². The summed E-state index contributed by atoms with van der Waals surface area (Å²) in [5, 5.41) is 11.8. The van der Waals surface area contributed by atoms with E-state index in [1.165, 1.54) is 11.3 Å². The minimum absolute atomic E-state index is 0.157. The van der Waals surface area contributed by atoms with Crippen molar-refractivity contribution >= 4 is 56.7 Å². The molecule has 19 heavy (non-hydrogen) atoms. The maximum atomic E-state index is 12.0. The van der Waals surface area contributed by atoms with Gasteiger partial charge in [0.2, 0.25) is 5.13 Å². The van der Waals surface area contributed by atoms with Crippen molar-refractivity contribution in [3.05, 3.63) is 33.4 Å². The molecule has 0 aliphatic rings. The van der Waals surface area contributed by atoms with E-state index in [0.29, 0.717) is 15.9 Å². The van der Waals surface area contributed by atoms with Crippen LogP contribution in [0.1, 0.15) is 24.2 Å². The van der Waals surface area contributed by atoms with E-state index in [1.54, 1.807) is 17.8 Å². The molecule has 2 aromatic rings. The largest absolute Gasteiger partial charge is 0.296 e. The lowest BCUT2D eigenvalue weighted by Crippen LogP contribution is -2.11. The highest BCUT2D eigenvalue weighted by Gasteiger charge is 2.11. The number of aromatic nitrogens is 2. The number of halogens is 1. The van der Waals surface area contributed by atoms with Gasteiger partial charge < -0.3 is 0 Å². The molecule has 2 rings (SSSR count). The Morgan fingerprint density at radius 1 is 1.42 bits per heavy atom. The molecule has 0 aliphatic carbocycles. The Labute approximate surface area is 133 Å². The first-order valence-corrected chi connectivity index (χ1v) is 8.39. The summed E-state index contributed by atoms with van der Waals surface area (Å²) in [6, 6.07) is 7.42. The summed E-state index contributed by atoms with van der Waals surface area (Å²) in [6.07, 6.45) is 0. The van der Waals surface area contributed by atoms with Gasteiger partial charge in [0.1, 0.15) is 0 Å². The topological polar surface area (TPSA) is 54.9 Å². The molecule has 0 fully saturated rings. The normalized spacial score (nSPS) is 10.7. The Kier molecular flexibility index (Phi) is 5.17. The maximum Gasteiger partial charge on any atom is 0.257 e. The zero-order valence-electron chi connectivity index (χ0n) is 10.4. The lowest BCUT2D eigenvalue weighted by atomic mass is 10.2. The molecule has 0 saturated heterocycles. The first-order valence-electron chi connectivity index (χ1n) is 5.61. The Balaban J connectivity index is 2.05. The van der Waals surface area contributed by atoms with Crippen LogP contribution in [-0.2, 0) is 0 Å². The molecule has 1 aromatic heterocycles. The van der Waals surface area contributed by atoms with E-state index in [0.717, 1.165) is 7.91 Å². The molecule has 0 atom stereocenters. The zero-order valence-corrected chi connectivity index (χ0v) is 14.2. The number of benzene rings is 1. The van der Waals surface area contributed by atoms with Crippen LogP contribution in [0, 0.1) is 3.57 Å². The number of hydrogen-bond acceptors (Lipinski definition) is 5. The third-order valence-electron chi connectivity index (χ3n) is 2.05. The van der Waals surface area contributed by atoms with E-state index in [1.807, 2.05) is 18.2 Å². The van der Waals surface area contributed by atoms with Gasteiger partial charge in [-0.15, -0.1) is 10.2 Å². The third kappa shape index (κ3) is 4.43. The maximum absolute atomic E-state index is 12.0. The molecule has 1 heterocycles. The average molecular weight is 405 g/mol. The molecule has 0 saturated carbocycles. The summed E-state index contributed by atoms with van der Waals surface area (Å²) >= 11 is 5.21. The van der Waals surface area contributed by atoms with Crippen molar-refractivity contribution in [2.75, 3.05) is 5.32 Å². The molecular weight excluding hydrogens is 393 g/mol. The fourth-order valence-electron chi connectivity index (χ4n) is 1.31. The smallest absolute Gasteiger partial charge is 0.257 e. The van der Waals surface area contributed by atoms with Crippen LogP contribution in [0.4, 0.5) is 5.13 Å². The number of rotatable bonds is 4. The molecular formula is C12H12IN3OS2. The average Bonchev–Trinajstić information content (AvgIpc) is 2.75. The Morgan fingerprint density at radius 3 is 2.89 bits per heavy atom. The third-order valence-corrected chi connectivity index (χ3v) is 4.65. The van der Waals surface area contributed by atoms with Gasteiger partial charge in [0.15, 0.2) is 4.34 Å². The Hall–Kier alpha value is -0.670. The number of anilines is 1. The summed E-state index contributed by atoms with van der Waals surface area (Å²) in [4.78, 5) is 12.0. The highest BCUT2D eigenvalue weighted by molar-refractivity contribution is 14.1. The van der Waals surface area contributed by atoms with Crippen molar-refractivity contribution in [1.29, 1.82) is 0 Å². The minimum Gasteiger partial charge on any atom is -0.296 e. The van der Waals surface area contributed by atoms with Crippen molar-refractivity contribution in [2.24, 2.45) is 0 Å². The number of amides is 1. The van der Waals surface area contributed by atoms with Crippen LogP contribution < -0.4 is 5.32 Å². The predicted molar refractivity (Wildman–Crippen MR) is 88.0 cm³/mol. The molecule has 1 N–H and O–H groups in total. The SMILES string of the molecule is CC(C)Sc1nnc(NC(=O)c2cccc(I)c2)s1. The van der Waals surface area contributed by atoms with Crippen LogP contribution in [0.5, 0.6) is 0 Å². The van der Waals surface area contributed by atoms with E-state index in [-0.39, 0.29) is 5.91 Å². The number of carbonyl (C=O) groups is 1. The van der Waals surface area contributed by atoms with Crippen molar-refractivity contribution < 1.29 is 4.79 Å². The van der Waals surface area contributed by atoms with E-state index in [2.05, 4.69) is 52.0 Å². The van der Waals surface area contributed by atoms with Gasteiger partial charge in [0, 0.05) is 14.4 Å². The van der Waals surface area contributed by atoms with Gasteiger partial charge in [0.25, 0.3) is 5.91 Å². The standard InChI is InChI=1S/C12H12IN3OS2/c1-7(2)18-12-16-15-11(19-12)14-10(17)8-4-3-5-9(13)6-8/h3-7H,1-2H3,(H,14,15,17). The Bertz CT molecular complexity index is 586. The first-order chi connectivity index (χ1) is 9.04. The van der Waals surface area contributed by atoms with Crippen LogP contribution in [0.3, 0.4) is 0 Å². The van der Waals surface area contributed by atoms with Crippen LogP contribution in [0.15, 0.2) is 28.6 Å². The van der Waals surface area contributed by atoms with Gasteiger partial charge in [-0.05, 0) is 40.8 Å². The van der Waals surface area contributed by atoms with Crippen molar-refractivity contribution in [3.8, 4) is 0 Å². The summed E-state index contributed by atoms with van der Waals surface area (Å²) in [5.74, 6) is -0.157. The quantitative estimate of drug-likeness (QED) is 0.476. The van der Waals surface area contributed by atoms with Gasteiger partial charge in [-0.2, -0.15) is 0 Å². The number of carbonyl (C=O) groups excluding carboxylic acids is 1. The van der Waals surface area contributed by atoms with E-state index < -0.39 is 0 Å². The number of nitrogens with zero attached hydrogens (tertiary/aromatic N) is 2. The van der Waals surface area contributed by atoms with Gasteiger partial charge in [-0.1, -0.05) is 43.0 Å². The molecule has 0 bridgehead atoms. The molecule has 0 unspecified atom stereocenters. The lowest BCUT2D eigenvalue weighted by molar-refractivity contribution is 0.102. The highest BCUT2D eigenvalue weighted by atomic mass is 127. The van der Waals surface area contributed by atoms with Crippen LogP contribution >= 0.6 is 45.7 Å². The van der Waals surface area contributed by atoms with E-state index >= 15 is 0 Å². The monoisotopic (exact) mass is 405 g/mol. The molecule has 0 spiro atoms. The van der Waals surface area contributed by atoms with Gasteiger partial charge >= 0.3 is 0 Å². The Morgan fingerprint density at radius 2 is 2.21 bits per heavy atom. The zero-order chi connectivity index (χ0) is 13.8.